The van der Waals surface area contributed by atoms with Crippen molar-refractivity contribution in [3.8, 4) is 0 Å². The maximum atomic E-state index is 12.0. The molecule has 1 heterocycles. The van der Waals surface area contributed by atoms with Crippen LogP contribution in [0.3, 0.4) is 0 Å². The maximum Gasteiger partial charge on any atom is 0.198 e. The summed E-state index contributed by atoms with van der Waals surface area (Å²) in [4.78, 5) is 16.0. The van der Waals surface area contributed by atoms with Crippen LogP contribution in [-0.4, -0.2) is 15.3 Å². The van der Waals surface area contributed by atoms with E-state index in [2.05, 4.69) is 31.0 Å². The Labute approximate surface area is 110 Å². The summed E-state index contributed by atoms with van der Waals surface area (Å²) in [5.41, 5.74) is 0. The van der Waals surface area contributed by atoms with Crippen LogP contribution in [0.15, 0.2) is 24.5 Å². The lowest BCUT2D eigenvalue weighted by Gasteiger charge is -2.05. The molecule has 0 aliphatic heterocycles. The van der Waals surface area contributed by atoms with E-state index in [4.69, 9.17) is 0 Å². The van der Waals surface area contributed by atoms with Crippen molar-refractivity contribution in [2.75, 3.05) is 0 Å². The summed E-state index contributed by atoms with van der Waals surface area (Å²) < 4.78 is 1.78. The van der Waals surface area contributed by atoms with E-state index in [0.717, 1.165) is 6.42 Å². The molecule has 0 unspecified atom stereocenters. The molecule has 0 amide bonds. The molecule has 0 saturated carbocycles. The summed E-state index contributed by atoms with van der Waals surface area (Å²) in [6.07, 6.45) is 13.3. The topological polar surface area (TPSA) is 34.9 Å². The number of aromatic nitrogens is 2. The maximum absolute atomic E-state index is 12.0. The number of unbranched alkanes of at least 4 members (excludes halogenated alkanes) is 3. The molecular formula is C15H24N2O. The van der Waals surface area contributed by atoms with Gasteiger partial charge in [0, 0.05) is 25.9 Å². The molecule has 18 heavy (non-hydrogen) atoms. The molecule has 0 aliphatic rings. The highest BCUT2D eigenvalue weighted by molar-refractivity contribution is 5.93. The monoisotopic (exact) mass is 248 g/mol. The van der Waals surface area contributed by atoms with Crippen molar-refractivity contribution in [1.29, 1.82) is 0 Å². The second kappa shape index (κ2) is 7.85. The second-order valence-corrected chi connectivity index (χ2v) is 4.89. The fourth-order valence-electron chi connectivity index (χ4n) is 1.93. The quantitative estimate of drug-likeness (QED) is 0.399. The number of imidazole rings is 1. The van der Waals surface area contributed by atoms with Crippen LogP contribution in [0.4, 0.5) is 0 Å². The summed E-state index contributed by atoms with van der Waals surface area (Å²) in [6.45, 7) is 4.29. The van der Waals surface area contributed by atoms with Crippen LogP contribution in [0.2, 0.25) is 0 Å². The fourth-order valence-corrected chi connectivity index (χ4v) is 1.93. The van der Waals surface area contributed by atoms with E-state index in [9.17, 15) is 4.79 Å². The Morgan fingerprint density at radius 1 is 1.50 bits per heavy atom. The third-order valence-electron chi connectivity index (χ3n) is 3.02. The Morgan fingerprint density at radius 3 is 2.89 bits per heavy atom. The van der Waals surface area contributed by atoms with Crippen LogP contribution < -0.4 is 0 Å². The summed E-state index contributed by atoms with van der Waals surface area (Å²) in [6, 6.07) is 0. The standard InChI is InChI=1S/C15H24N2O/c1-4-5-6-7-8-9-13(2)12-14(18)15-16-10-11-17(15)3/h8-11,13H,4-7,12H2,1-3H3/b9-8+/t13-/m0/s1. The van der Waals surface area contributed by atoms with Gasteiger partial charge in [0.2, 0.25) is 0 Å². The van der Waals surface area contributed by atoms with Crippen molar-refractivity contribution in [2.45, 2.75) is 46.0 Å². The average molecular weight is 248 g/mol. The van der Waals surface area contributed by atoms with E-state index < -0.39 is 0 Å². The smallest absolute Gasteiger partial charge is 0.198 e. The molecule has 3 nitrogen and oxygen atoms in total. The van der Waals surface area contributed by atoms with Gasteiger partial charge in [-0.25, -0.2) is 4.98 Å². The predicted molar refractivity (Wildman–Crippen MR) is 74.6 cm³/mol. The minimum absolute atomic E-state index is 0.119. The Morgan fingerprint density at radius 2 is 2.28 bits per heavy atom. The van der Waals surface area contributed by atoms with Crippen molar-refractivity contribution in [3.05, 3.63) is 30.4 Å². The number of Topliss-reactive ketones (excluding diaryl/α,β-unsaturated/α-hetero) is 1. The van der Waals surface area contributed by atoms with E-state index in [1.807, 2.05) is 7.05 Å². The average Bonchev–Trinajstić information content (AvgIpc) is 2.75. The van der Waals surface area contributed by atoms with Gasteiger partial charge in [-0.1, -0.05) is 38.8 Å². The third kappa shape index (κ3) is 4.86. The molecule has 1 aromatic rings. The molecule has 1 atom stereocenters. The van der Waals surface area contributed by atoms with Gasteiger partial charge in [0.25, 0.3) is 0 Å². The first-order chi connectivity index (χ1) is 8.65. The lowest BCUT2D eigenvalue weighted by atomic mass is 10.0. The molecule has 0 aromatic carbocycles. The van der Waals surface area contributed by atoms with Gasteiger partial charge in [-0.3, -0.25) is 4.79 Å². The van der Waals surface area contributed by atoms with E-state index in [1.165, 1.54) is 19.3 Å². The van der Waals surface area contributed by atoms with Gasteiger partial charge < -0.3 is 4.57 Å². The largest absolute Gasteiger partial charge is 0.332 e. The van der Waals surface area contributed by atoms with Gasteiger partial charge in [-0.05, 0) is 18.8 Å². The number of nitrogens with zero attached hydrogens (tertiary/aromatic N) is 2. The van der Waals surface area contributed by atoms with E-state index in [1.54, 1.807) is 17.0 Å². The van der Waals surface area contributed by atoms with E-state index in [-0.39, 0.29) is 11.7 Å². The van der Waals surface area contributed by atoms with Gasteiger partial charge in [0.05, 0.1) is 0 Å². The first-order valence-electron chi connectivity index (χ1n) is 6.82. The Bertz CT molecular complexity index is 393. The van der Waals surface area contributed by atoms with Gasteiger partial charge in [-0.15, -0.1) is 0 Å². The van der Waals surface area contributed by atoms with Crippen LogP contribution in [0.5, 0.6) is 0 Å². The number of hydrogen-bond acceptors (Lipinski definition) is 2. The third-order valence-corrected chi connectivity index (χ3v) is 3.02. The summed E-state index contributed by atoms with van der Waals surface area (Å²) in [7, 11) is 1.85. The second-order valence-electron chi connectivity index (χ2n) is 4.89. The molecule has 1 aromatic heterocycles. The zero-order valence-corrected chi connectivity index (χ0v) is 11.7. The van der Waals surface area contributed by atoms with Crippen LogP contribution in [-0.2, 0) is 7.05 Å². The van der Waals surface area contributed by atoms with E-state index in [0.29, 0.717) is 12.2 Å². The highest BCUT2D eigenvalue weighted by Crippen LogP contribution is 2.10. The van der Waals surface area contributed by atoms with Gasteiger partial charge >= 0.3 is 0 Å². The lowest BCUT2D eigenvalue weighted by molar-refractivity contribution is 0.0958. The zero-order chi connectivity index (χ0) is 13.4. The number of ketones is 1. The summed E-state index contributed by atoms with van der Waals surface area (Å²) in [5, 5.41) is 0. The molecule has 0 bridgehead atoms. The van der Waals surface area contributed by atoms with Crippen LogP contribution in [0.1, 0.15) is 56.6 Å². The Balaban J connectivity index is 2.34. The Kier molecular flexibility index (Phi) is 6.40. The van der Waals surface area contributed by atoms with Crippen LogP contribution in [0.25, 0.3) is 0 Å². The first-order valence-corrected chi connectivity index (χ1v) is 6.82. The number of aryl methyl sites for hydroxylation is 1. The molecule has 0 radical (unpaired) electrons. The Hall–Kier alpha value is -1.38. The molecule has 3 heteroatoms. The predicted octanol–water partition coefficient (Wildman–Crippen LogP) is 3.77. The molecule has 0 aliphatic carbocycles. The fraction of sp³-hybridized carbons (Fsp3) is 0.600. The van der Waals surface area contributed by atoms with Gasteiger partial charge in [0.1, 0.15) is 0 Å². The normalized spacial score (nSPS) is 13.1. The SMILES string of the molecule is CCCCC/C=C/[C@H](C)CC(=O)c1nccn1C. The summed E-state index contributed by atoms with van der Waals surface area (Å²) >= 11 is 0. The van der Waals surface area contributed by atoms with Crippen LogP contribution >= 0.6 is 0 Å². The minimum atomic E-state index is 0.119. The molecule has 0 spiro atoms. The lowest BCUT2D eigenvalue weighted by Crippen LogP contribution is -2.10. The number of carbonyl (C=O) groups is 1. The van der Waals surface area contributed by atoms with Crippen molar-refractivity contribution in [3.63, 3.8) is 0 Å². The molecule has 0 saturated heterocycles. The van der Waals surface area contributed by atoms with Crippen molar-refractivity contribution >= 4 is 5.78 Å². The molecule has 0 fully saturated rings. The van der Waals surface area contributed by atoms with E-state index >= 15 is 0 Å². The summed E-state index contributed by atoms with van der Waals surface area (Å²) in [5.74, 6) is 0.963. The van der Waals surface area contributed by atoms with Crippen LogP contribution in [0, 0.1) is 5.92 Å². The van der Waals surface area contributed by atoms with Gasteiger partial charge in [-0.2, -0.15) is 0 Å². The highest BCUT2D eigenvalue weighted by atomic mass is 16.1. The first kappa shape index (κ1) is 14.7. The number of hydrogen-bond donors (Lipinski definition) is 0. The molecule has 100 valence electrons. The minimum Gasteiger partial charge on any atom is -0.332 e. The molecule has 1 rings (SSSR count). The highest BCUT2D eigenvalue weighted by Gasteiger charge is 2.13. The van der Waals surface area contributed by atoms with Gasteiger partial charge in [0.15, 0.2) is 11.6 Å². The molecule has 0 N–H and O–H groups in total. The zero-order valence-electron chi connectivity index (χ0n) is 11.7. The number of allylic oxidation sites excluding steroid dienone is 2. The number of rotatable bonds is 8. The number of carbonyl (C=O) groups excluding carboxylic acids is 1. The van der Waals surface area contributed by atoms with Crippen molar-refractivity contribution < 1.29 is 4.79 Å². The molecular weight excluding hydrogens is 224 g/mol. The van der Waals surface area contributed by atoms with Crippen molar-refractivity contribution in [1.82, 2.24) is 9.55 Å². The van der Waals surface area contributed by atoms with Crippen molar-refractivity contribution in [2.24, 2.45) is 13.0 Å².